The number of carbonyl (C=O) groups is 2. The second-order valence-electron chi connectivity index (χ2n) is 7.66. The Bertz CT molecular complexity index is 571. The molecule has 25 heavy (non-hydrogen) atoms. The van der Waals surface area contributed by atoms with E-state index >= 15 is 0 Å². The Morgan fingerprint density at radius 3 is 2.52 bits per heavy atom. The molecule has 1 aliphatic rings. The molecule has 1 fully saturated rings. The zero-order chi connectivity index (χ0) is 18.3. The highest BCUT2D eigenvalue weighted by Gasteiger charge is 2.21. The number of nitrogens with zero attached hydrogens (tertiary/aromatic N) is 3. The maximum atomic E-state index is 12.0. The largest absolute Gasteiger partial charge is 0.356 e. The quantitative estimate of drug-likeness (QED) is 0.814. The lowest BCUT2D eigenvalue weighted by atomic mass is 9.96. The number of likely N-dealkylation sites (tertiary alicyclic amines) is 1. The summed E-state index contributed by atoms with van der Waals surface area (Å²) in [6.45, 7) is 8.20. The Hall–Kier alpha value is -1.92. The Morgan fingerprint density at radius 1 is 1.16 bits per heavy atom. The van der Waals surface area contributed by atoms with Crippen LogP contribution in [0.2, 0.25) is 0 Å². The topological polar surface area (TPSA) is 88.3 Å². The van der Waals surface area contributed by atoms with Gasteiger partial charge < -0.3 is 14.7 Å². The third kappa shape index (κ3) is 6.48. The second-order valence-corrected chi connectivity index (χ2v) is 7.66. The lowest BCUT2D eigenvalue weighted by Gasteiger charge is -2.26. The van der Waals surface area contributed by atoms with Gasteiger partial charge in [-0.25, -0.2) is 0 Å². The lowest BCUT2D eigenvalue weighted by molar-refractivity contribution is -0.132. The molecule has 2 heterocycles. The van der Waals surface area contributed by atoms with E-state index < -0.39 is 0 Å². The van der Waals surface area contributed by atoms with Gasteiger partial charge in [-0.15, -0.1) is 0 Å². The molecule has 0 aromatic carbocycles. The highest BCUT2D eigenvalue weighted by Crippen LogP contribution is 2.18. The predicted molar refractivity (Wildman–Crippen MR) is 94.0 cm³/mol. The number of amides is 2. The Kier molecular flexibility index (Phi) is 6.96. The molecule has 1 aliphatic heterocycles. The fourth-order valence-electron chi connectivity index (χ4n) is 2.76. The number of carbonyl (C=O) groups excluding carboxylic acids is 2. The van der Waals surface area contributed by atoms with Gasteiger partial charge >= 0.3 is 0 Å². The molecule has 7 heteroatoms. The molecule has 0 bridgehead atoms. The standard InChI is InChI=1S/C18H30N4O3/c1-18(2,3)17-20-15(25-21-17)9-7-8-14(23)19-11-10-16(24)22-12-5-4-6-13-22/h4-13H2,1-3H3,(H,19,23). The first kappa shape index (κ1) is 19.4. The molecule has 7 nitrogen and oxygen atoms in total. The number of aryl methyl sites for hydroxylation is 1. The van der Waals surface area contributed by atoms with Crippen LogP contribution in [0.3, 0.4) is 0 Å². The zero-order valence-electron chi connectivity index (χ0n) is 15.6. The van der Waals surface area contributed by atoms with Crippen LogP contribution in [0.5, 0.6) is 0 Å². The SMILES string of the molecule is CC(C)(C)c1noc(CCCC(=O)NCCC(=O)N2CCCCC2)n1. The van der Waals surface area contributed by atoms with E-state index in [1.54, 1.807) is 0 Å². The van der Waals surface area contributed by atoms with Crippen molar-refractivity contribution in [3.63, 3.8) is 0 Å². The van der Waals surface area contributed by atoms with Crippen LogP contribution in [0.4, 0.5) is 0 Å². The summed E-state index contributed by atoms with van der Waals surface area (Å²) >= 11 is 0. The summed E-state index contributed by atoms with van der Waals surface area (Å²) < 4.78 is 5.21. The molecule has 2 rings (SSSR count). The first-order valence-corrected chi connectivity index (χ1v) is 9.24. The second kappa shape index (κ2) is 8.97. The van der Waals surface area contributed by atoms with Gasteiger partial charge in [0.25, 0.3) is 0 Å². The van der Waals surface area contributed by atoms with Crippen molar-refractivity contribution < 1.29 is 14.1 Å². The van der Waals surface area contributed by atoms with Gasteiger partial charge in [-0.3, -0.25) is 9.59 Å². The minimum Gasteiger partial charge on any atom is -0.356 e. The van der Waals surface area contributed by atoms with E-state index in [2.05, 4.69) is 15.5 Å². The molecule has 1 aromatic heterocycles. The molecule has 0 saturated carbocycles. The number of nitrogens with one attached hydrogen (secondary N) is 1. The van der Waals surface area contributed by atoms with Crippen LogP contribution in [-0.2, 0) is 21.4 Å². The Labute approximate surface area is 149 Å². The van der Waals surface area contributed by atoms with E-state index in [1.807, 2.05) is 25.7 Å². The first-order valence-electron chi connectivity index (χ1n) is 9.24. The molecule has 1 aromatic rings. The molecular formula is C18H30N4O3. The Morgan fingerprint density at radius 2 is 1.88 bits per heavy atom. The first-order chi connectivity index (χ1) is 11.9. The van der Waals surface area contributed by atoms with Gasteiger partial charge in [0.1, 0.15) is 0 Å². The fraction of sp³-hybridized carbons (Fsp3) is 0.778. The number of hydrogen-bond donors (Lipinski definition) is 1. The Balaban J connectivity index is 1.59. The van der Waals surface area contributed by atoms with E-state index in [0.29, 0.717) is 43.9 Å². The summed E-state index contributed by atoms with van der Waals surface area (Å²) in [5.41, 5.74) is -0.139. The van der Waals surface area contributed by atoms with Crippen molar-refractivity contribution in [2.24, 2.45) is 0 Å². The number of hydrogen-bond acceptors (Lipinski definition) is 5. The summed E-state index contributed by atoms with van der Waals surface area (Å²) in [6.07, 6.45) is 5.39. The third-order valence-corrected chi connectivity index (χ3v) is 4.30. The van der Waals surface area contributed by atoms with Gasteiger partial charge in [-0.05, 0) is 25.7 Å². The molecule has 1 N–H and O–H groups in total. The minimum absolute atomic E-state index is 0.0398. The van der Waals surface area contributed by atoms with E-state index in [-0.39, 0.29) is 17.2 Å². The lowest BCUT2D eigenvalue weighted by Crippen LogP contribution is -2.37. The number of rotatable bonds is 7. The van der Waals surface area contributed by atoms with Crippen molar-refractivity contribution in [3.05, 3.63) is 11.7 Å². The highest BCUT2D eigenvalue weighted by atomic mass is 16.5. The molecule has 0 spiro atoms. The summed E-state index contributed by atoms with van der Waals surface area (Å²) in [4.78, 5) is 30.1. The maximum absolute atomic E-state index is 12.0. The van der Waals surface area contributed by atoms with E-state index in [0.717, 1.165) is 25.9 Å². The van der Waals surface area contributed by atoms with Crippen molar-refractivity contribution in [3.8, 4) is 0 Å². The van der Waals surface area contributed by atoms with Gasteiger partial charge in [0.15, 0.2) is 5.82 Å². The van der Waals surface area contributed by atoms with Crippen molar-refractivity contribution in [1.82, 2.24) is 20.4 Å². The zero-order valence-corrected chi connectivity index (χ0v) is 15.6. The minimum atomic E-state index is -0.139. The van der Waals surface area contributed by atoms with Crippen molar-refractivity contribution >= 4 is 11.8 Å². The molecule has 1 saturated heterocycles. The van der Waals surface area contributed by atoms with Gasteiger partial charge in [0.05, 0.1) is 0 Å². The van der Waals surface area contributed by atoms with Crippen molar-refractivity contribution in [2.45, 2.75) is 71.1 Å². The maximum Gasteiger partial charge on any atom is 0.226 e. The molecule has 2 amide bonds. The number of piperidine rings is 1. The third-order valence-electron chi connectivity index (χ3n) is 4.30. The van der Waals surface area contributed by atoms with E-state index in [1.165, 1.54) is 6.42 Å². The molecule has 0 radical (unpaired) electrons. The normalized spacial score (nSPS) is 15.2. The van der Waals surface area contributed by atoms with Crippen LogP contribution in [0.15, 0.2) is 4.52 Å². The smallest absolute Gasteiger partial charge is 0.226 e. The van der Waals surface area contributed by atoms with Crippen LogP contribution in [-0.4, -0.2) is 46.5 Å². The summed E-state index contributed by atoms with van der Waals surface area (Å²) in [6, 6.07) is 0. The van der Waals surface area contributed by atoms with Crippen LogP contribution < -0.4 is 5.32 Å². The van der Waals surface area contributed by atoms with Crippen molar-refractivity contribution in [1.29, 1.82) is 0 Å². The van der Waals surface area contributed by atoms with Gasteiger partial charge in [-0.2, -0.15) is 4.98 Å². The summed E-state index contributed by atoms with van der Waals surface area (Å²) in [7, 11) is 0. The van der Waals surface area contributed by atoms with Gasteiger partial charge in [0.2, 0.25) is 17.7 Å². The average Bonchev–Trinajstić information content (AvgIpc) is 3.05. The van der Waals surface area contributed by atoms with Crippen LogP contribution in [0, 0.1) is 0 Å². The van der Waals surface area contributed by atoms with Gasteiger partial charge in [0, 0.05) is 44.3 Å². The molecule has 140 valence electrons. The van der Waals surface area contributed by atoms with E-state index in [9.17, 15) is 9.59 Å². The monoisotopic (exact) mass is 350 g/mol. The molecule has 0 unspecified atom stereocenters. The molecule has 0 aliphatic carbocycles. The summed E-state index contributed by atoms with van der Waals surface area (Å²) in [5.74, 6) is 1.35. The molecular weight excluding hydrogens is 320 g/mol. The van der Waals surface area contributed by atoms with E-state index in [4.69, 9.17) is 4.52 Å². The highest BCUT2D eigenvalue weighted by molar-refractivity contribution is 5.79. The van der Waals surface area contributed by atoms with Gasteiger partial charge in [-0.1, -0.05) is 25.9 Å². The van der Waals surface area contributed by atoms with Crippen LogP contribution in [0.25, 0.3) is 0 Å². The van der Waals surface area contributed by atoms with Crippen LogP contribution >= 0.6 is 0 Å². The summed E-state index contributed by atoms with van der Waals surface area (Å²) in [5, 5.41) is 6.79. The fourth-order valence-corrected chi connectivity index (χ4v) is 2.76. The average molecular weight is 350 g/mol. The number of aromatic nitrogens is 2. The molecule has 0 atom stereocenters. The van der Waals surface area contributed by atoms with Crippen molar-refractivity contribution in [2.75, 3.05) is 19.6 Å². The van der Waals surface area contributed by atoms with Crippen LogP contribution in [0.1, 0.15) is 71.0 Å². The predicted octanol–water partition coefficient (Wildman–Crippen LogP) is 2.21.